The molecule has 0 bridgehead atoms. The molecule has 4 aliphatic rings. The van der Waals surface area contributed by atoms with Crippen LogP contribution in [0.3, 0.4) is 0 Å². The summed E-state index contributed by atoms with van der Waals surface area (Å²) in [6, 6.07) is 0. The van der Waals surface area contributed by atoms with E-state index in [4.69, 9.17) is 4.43 Å². The van der Waals surface area contributed by atoms with Crippen LogP contribution in [0.2, 0.25) is 18.1 Å². The van der Waals surface area contributed by atoms with E-state index in [1.807, 2.05) is 0 Å². The van der Waals surface area contributed by atoms with Gasteiger partial charge in [0.25, 0.3) is 0 Å². The van der Waals surface area contributed by atoms with Crippen LogP contribution in [0.15, 0.2) is 23.0 Å². The Morgan fingerprint density at radius 2 is 1.70 bits per heavy atom. The summed E-state index contributed by atoms with van der Waals surface area (Å²) in [5.41, 5.74) is 3.30. The van der Waals surface area contributed by atoms with Gasteiger partial charge in [0, 0.05) is 6.10 Å². The van der Waals surface area contributed by atoms with E-state index in [9.17, 15) is 4.39 Å². The quantitative estimate of drug-likeness (QED) is 0.313. The Kier molecular flexibility index (Phi) is 5.54. The van der Waals surface area contributed by atoms with Crippen LogP contribution in [0.5, 0.6) is 0 Å². The molecule has 3 saturated carbocycles. The summed E-state index contributed by atoms with van der Waals surface area (Å²) in [4.78, 5) is 0. The number of allylic oxidation sites excluding steroid dienone is 3. The van der Waals surface area contributed by atoms with Crippen LogP contribution in [0.1, 0.15) is 92.9 Å². The first kappa shape index (κ1) is 22.8. The average Bonchev–Trinajstić information content (AvgIpc) is 2.98. The normalized spacial score (nSPS) is 43.4. The maximum absolute atomic E-state index is 14.3. The molecule has 0 amide bonds. The minimum atomic E-state index is -1.72. The number of rotatable bonds is 2. The van der Waals surface area contributed by atoms with Crippen molar-refractivity contribution < 1.29 is 8.82 Å². The molecule has 1 unspecified atom stereocenters. The smallest absolute Gasteiger partial charge is 0.192 e. The second kappa shape index (κ2) is 7.30. The SMILES string of the molecule is CC(F)=C1CC[C@H]2[C@@H]3CC=C4CC(O[Si](C)(C)C(C)(C)C)CC[C@]4(C)[C@H]3CC[C@]12C. The van der Waals surface area contributed by atoms with Gasteiger partial charge in [-0.15, -0.1) is 0 Å². The second-order valence-electron chi connectivity index (χ2n) is 13.0. The number of hydrogen-bond acceptors (Lipinski definition) is 1. The predicted molar refractivity (Wildman–Crippen MR) is 128 cm³/mol. The van der Waals surface area contributed by atoms with E-state index in [0.717, 1.165) is 30.3 Å². The third-order valence-corrected chi connectivity index (χ3v) is 15.1. The van der Waals surface area contributed by atoms with Gasteiger partial charge < -0.3 is 4.43 Å². The molecule has 0 spiro atoms. The van der Waals surface area contributed by atoms with E-state index < -0.39 is 8.32 Å². The summed E-state index contributed by atoms with van der Waals surface area (Å²) >= 11 is 0. The highest BCUT2D eigenvalue weighted by molar-refractivity contribution is 6.74. The van der Waals surface area contributed by atoms with Gasteiger partial charge in [-0.25, -0.2) is 4.39 Å². The van der Waals surface area contributed by atoms with Crippen molar-refractivity contribution in [3.63, 3.8) is 0 Å². The Labute approximate surface area is 186 Å². The first-order chi connectivity index (χ1) is 13.8. The molecule has 1 nitrogen and oxygen atoms in total. The second-order valence-corrected chi connectivity index (χ2v) is 17.8. The maximum atomic E-state index is 14.3. The number of hydrogen-bond donors (Lipinski definition) is 0. The molecule has 4 aliphatic carbocycles. The van der Waals surface area contributed by atoms with Crippen LogP contribution in [-0.4, -0.2) is 14.4 Å². The van der Waals surface area contributed by atoms with Crippen molar-refractivity contribution >= 4 is 8.32 Å². The summed E-state index contributed by atoms with van der Waals surface area (Å²) in [6.45, 7) is 18.5. The zero-order valence-electron chi connectivity index (χ0n) is 20.8. The fraction of sp³-hybridized carbons (Fsp3) is 0.852. The van der Waals surface area contributed by atoms with Crippen LogP contribution >= 0.6 is 0 Å². The largest absolute Gasteiger partial charge is 0.414 e. The summed E-state index contributed by atoms with van der Waals surface area (Å²) in [7, 11) is -1.72. The molecular formula is C27H45FOSi. The van der Waals surface area contributed by atoms with E-state index in [2.05, 4.69) is 53.8 Å². The van der Waals surface area contributed by atoms with Crippen LogP contribution in [0.4, 0.5) is 4.39 Å². The Bertz CT molecular complexity index is 755. The molecule has 3 fully saturated rings. The lowest BCUT2D eigenvalue weighted by atomic mass is 9.48. The average molecular weight is 433 g/mol. The van der Waals surface area contributed by atoms with Crippen LogP contribution < -0.4 is 0 Å². The fourth-order valence-corrected chi connectivity index (χ4v) is 9.09. The highest BCUT2D eigenvalue weighted by atomic mass is 28.4. The molecule has 6 atom stereocenters. The Hall–Kier alpha value is -0.413. The molecule has 4 rings (SSSR count). The molecular weight excluding hydrogens is 387 g/mol. The Balaban J connectivity index is 1.55. The van der Waals surface area contributed by atoms with E-state index in [1.54, 1.807) is 12.5 Å². The fourth-order valence-electron chi connectivity index (χ4n) is 7.70. The number of halogens is 1. The minimum absolute atomic E-state index is 0.111. The van der Waals surface area contributed by atoms with Gasteiger partial charge in [0.2, 0.25) is 0 Å². The van der Waals surface area contributed by atoms with Crippen molar-refractivity contribution in [2.75, 3.05) is 0 Å². The van der Waals surface area contributed by atoms with Gasteiger partial charge in [0.15, 0.2) is 8.32 Å². The van der Waals surface area contributed by atoms with Crippen molar-refractivity contribution in [2.45, 2.75) is 117 Å². The summed E-state index contributed by atoms with van der Waals surface area (Å²) in [5, 5.41) is 0.274. The van der Waals surface area contributed by atoms with Gasteiger partial charge in [-0.2, -0.15) is 0 Å². The van der Waals surface area contributed by atoms with Crippen LogP contribution in [0.25, 0.3) is 0 Å². The van der Waals surface area contributed by atoms with Gasteiger partial charge in [0.05, 0.1) is 5.83 Å². The van der Waals surface area contributed by atoms with Gasteiger partial charge in [-0.05, 0) is 111 Å². The van der Waals surface area contributed by atoms with Crippen molar-refractivity contribution in [3.8, 4) is 0 Å². The third-order valence-electron chi connectivity index (χ3n) is 10.5. The van der Waals surface area contributed by atoms with Crippen molar-refractivity contribution in [3.05, 3.63) is 23.0 Å². The Morgan fingerprint density at radius 1 is 1.07 bits per heavy atom. The zero-order valence-corrected chi connectivity index (χ0v) is 21.8. The van der Waals surface area contributed by atoms with Crippen molar-refractivity contribution in [2.24, 2.45) is 28.6 Å². The Morgan fingerprint density at radius 3 is 2.33 bits per heavy atom. The highest BCUT2D eigenvalue weighted by Crippen LogP contribution is 2.66. The monoisotopic (exact) mass is 432 g/mol. The van der Waals surface area contributed by atoms with Crippen molar-refractivity contribution in [1.82, 2.24) is 0 Å². The molecule has 0 heterocycles. The molecule has 0 aromatic rings. The standard InChI is InChI=1S/C27H45FOSi/c1-18(28)22-11-12-23-21-10-9-19-17-20(29-30(7,8)25(2,3)4)13-15-26(19,5)24(21)14-16-27(22,23)6/h9,20-21,23-24H,10-17H2,1-8H3/t20?,21-,23-,24-,26-,27+/m0/s1. The summed E-state index contributed by atoms with van der Waals surface area (Å²) in [6.07, 6.45) is 12.5. The lowest BCUT2D eigenvalue weighted by molar-refractivity contribution is -0.0259. The van der Waals surface area contributed by atoms with Crippen molar-refractivity contribution in [1.29, 1.82) is 0 Å². The van der Waals surface area contributed by atoms with E-state index in [0.29, 0.717) is 17.4 Å². The molecule has 0 aromatic carbocycles. The molecule has 0 aromatic heterocycles. The maximum Gasteiger partial charge on any atom is 0.192 e. The molecule has 3 heteroatoms. The van der Waals surface area contributed by atoms with Gasteiger partial charge >= 0.3 is 0 Å². The van der Waals surface area contributed by atoms with E-state index >= 15 is 0 Å². The summed E-state index contributed by atoms with van der Waals surface area (Å²) < 4.78 is 21.2. The van der Waals surface area contributed by atoms with Crippen LogP contribution in [0, 0.1) is 28.6 Å². The topological polar surface area (TPSA) is 9.23 Å². The van der Waals surface area contributed by atoms with E-state index in [1.165, 1.54) is 38.5 Å². The molecule has 30 heavy (non-hydrogen) atoms. The van der Waals surface area contributed by atoms with Gasteiger partial charge in [-0.1, -0.05) is 46.3 Å². The first-order valence-electron chi connectivity index (χ1n) is 12.5. The lowest BCUT2D eigenvalue weighted by Crippen LogP contribution is -2.51. The van der Waals surface area contributed by atoms with Gasteiger partial charge in [-0.3, -0.25) is 0 Å². The summed E-state index contributed by atoms with van der Waals surface area (Å²) in [5.74, 6) is 2.31. The van der Waals surface area contributed by atoms with Crippen LogP contribution in [-0.2, 0) is 4.43 Å². The van der Waals surface area contributed by atoms with Gasteiger partial charge in [0.1, 0.15) is 0 Å². The first-order valence-corrected chi connectivity index (χ1v) is 15.4. The molecule has 0 radical (unpaired) electrons. The lowest BCUT2D eigenvalue weighted by Gasteiger charge is -2.58. The molecule has 170 valence electrons. The highest BCUT2D eigenvalue weighted by Gasteiger charge is 2.58. The molecule has 0 saturated heterocycles. The molecule has 0 aliphatic heterocycles. The predicted octanol–water partition coefficient (Wildman–Crippen LogP) is 8.58. The number of fused-ring (bicyclic) bond motifs is 5. The minimum Gasteiger partial charge on any atom is -0.414 e. The van der Waals surface area contributed by atoms with E-state index in [-0.39, 0.29) is 16.3 Å². The molecule has 0 N–H and O–H groups in total. The zero-order chi connectivity index (χ0) is 22.1. The third kappa shape index (κ3) is 3.41.